The summed E-state index contributed by atoms with van der Waals surface area (Å²) in [6, 6.07) is 12.2. The molecule has 0 unspecified atom stereocenters. The molecule has 0 saturated carbocycles. The minimum atomic E-state index is 0.387. The topological polar surface area (TPSA) is 95.0 Å². The van der Waals surface area contributed by atoms with E-state index in [2.05, 4.69) is 33.1 Å². The molecule has 4 aromatic heterocycles. The third kappa shape index (κ3) is 3.40. The summed E-state index contributed by atoms with van der Waals surface area (Å²) in [5.74, 6) is 3.08. The van der Waals surface area contributed by atoms with E-state index in [9.17, 15) is 0 Å². The minimum absolute atomic E-state index is 0.387. The Balaban J connectivity index is 1.21. The van der Waals surface area contributed by atoms with Crippen LogP contribution in [0.5, 0.6) is 5.75 Å². The van der Waals surface area contributed by atoms with E-state index in [-0.39, 0.29) is 0 Å². The number of pyridine rings is 1. The number of anilines is 2. The van der Waals surface area contributed by atoms with Crippen molar-refractivity contribution in [3.63, 3.8) is 0 Å². The summed E-state index contributed by atoms with van der Waals surface area (Å²) in [6.45, 7) is 2.55. The number of hydrogen-bond acceptors (Lipinski definition) is 8. The molecule has 0 bridgehead atoms. The average Bonchev–Trinajstić information content (AvgIpc) is 3.58. The monoisotopic (exact) mass is 443 g/mol. The Morgan fingerprint density at radius 2 is 1.88 bits per heavy atom. The fourth-order valence-corrected chi connectivity index (χ4v) is 4.76. The van der Waals surface area contributed by atoms with E-state index in [1.165, 1.54) is 19.2 Å². The number of rotatable bonds is 5. The van der Waals surface area contributed by atoms with Crippen molar-refractivity contribution in [1.29, 1.82) is 0 Å². The van der Waals surface area contributed by atoms with Gasteiger partial charge in [-0.25, -0.2) is 19.9 Å². The summed E-state index contributed by atoms with van der Waals surface area (Å²) in [7, 11) is 0. The van der Waals surface area contributed by atoms with Crippen LogP contribution in [0.2, 0.25) is 0 Å². The highest BCUT2D eigenvalue weighted by atomic mass is 32.1. The highest BCUT2D eigenvalue weighted by Crippen LogP contribution is 2.26. The maximum absolute atomic E-state index is 6.04. The molecule has 1 aliphatic rings. The maximum atomic E-state index is 6.04. The van der Waals surface area contributed by atoms with Gasteiger partial charge < -0.3 is 15.4 Å². The number of fused-ring (bicyclic) bond motifs is 2. The van der Waals surface area contributed by atoms with E-state index in [1.807, 2.05) is 34.3 Å². The first-order valence-corrected chi connectivity index (χ1v) is 11.4. The summed E-state index contributed by atoms with van der Waals surface area (Å²) in [5, 5.41) is 4.79. The first kappa shape index (κ1) is 19.0. The molecule has 1 aromatic carbocycles. The number of nitrogens with two attached hydrogens (primary N) is 1. The lowest BCUT2D eigenvalue weighted by atomic mass is 10.2. The van der Waals surface area contributed by atoms with E-state index >= 15 is 0 Å². The van der Waals surface area contributed by atoms with Crippen molar-refractivity contribution in [2.24, 2.45) is 0 Å². The summed E-state index contributed by atoms with van der Waals surface area (Å²) in [5.41, 5.74) is 7.63. The van der Waals surface area contributed by atoms with Crippen LogP contribution in [0.1, 0.15) is 17.8 Å². The molecule has 0 atom stereocenters. The summed E-state index contributed by atoms with van der Waals surface area (Å²) in [4.78, 5) is 20.3. The normalized spacial score (nSPS) is 13.9. The Morgan fingerprint density at radius 1 is 1.00 bits per heavy atom. The van der Waals surface area contributed by atoms with E-state index in [1.54, 1.807) is 11.3 Å². The minimum Gasteiger partial charge on any atom is -0.486 e. The number of nitrogen functional groups attached to an aromatic ring is 1. The standard InChI is InChI=1S/C23H21N7OS/c24-22-17-7-10-30(23(17)26-14-25-22)20-13-32-21(28-20)12-31-16-5-3-15-4-6-19(27-18(15)11-16)29-8-1-2-9-29/h3-7,10-11,13-14H,1-2,8-9,12H2,(H2,24,25,26). The van der Waals surface area contributed by atoms with Gasteiger partial charge in [0.2, 0.25) is 0 Å². The molecule has 1 fully saturated rings. The fourth-order valence-electron chi connectivity index (χ4n) is 4.08. The molecule has 1 aliphatic heterocycles. The van der Waals surface area contributed by atoms with Gasteiger partial charge in [0.25, 0.3) is 0 Å². The molecular formula is C23H21N7OS. The highest BCUT2D eigenvalue weighted by molar-refractivity contribution is 7.09. The molecule has 5 aromatic rings. The first-order chi connectivity index (χ1) is 15.7. The fraction of sp³-hybridized carbons (Fsp3) is 0.217. The predicted molar refractivity (Wildman–Crippen MR) is 126 cm³/mol. The van der Waals surface area contributed by atoms with Crippen molar-refractivity contribution in [2.75, 3.05) is 23.7 Å². The second-order valence-corrected chi connectivity index (χ2v) is 8.73. The number of nitrogens with zero attached hydrogens (tertiary/aromatic N) is 6. The molecule has 6 rings (SSSR count). The predicted octanol–water partition coefficient (Wildman–Crippen LogP) is 4.19. The van der Waals surface area contributed by atoms with E-state index < -0.39 is 0 Å². The zero-order valence-corrected chi connectivity index (χ0v) is 18.1. The molecule has 9 heteroatoms. The molecular weight excluding hydrogens is 422 g/mol. The summed E-state index contributed by atoms with van der Waals surface area (Å²) in [6.07, 6.45) is 5.84. The van der Waals surface area contributed by atoms with Gasteiger partial charge in [-0.15, -0.1) is 11.3 Å². The van der Waals surface area contributed by atoms with Crippen LogP contribution < -0.4 is 15.4 Å². The molecule has 5 heterocycles. The van der Waals surface area contributed by atoms with Gasteiger partial charge in [-0.05, 0) is 43.2 Å². The third-order valence-electron chi connectivity index (χ3n) is 5.74. The first-order valence-electron chi connectivity index (χ1n) is 10.6. The molecule has 160 valence electrons. The van der Waals surface area contributed by atoms with Gasteiger partial charge in [-0.3, -0.25) is 4.57 Å². The highest BCUT2D eigenvalue weighted by Gasteiger charge is 2.14. The van der Waals surface area contributed by atoms with Gasteiger partial charge in [0.05, 0.1) is 10.9 Å². The number of benzene rings is 1. The van der Waals surface area contributed by atoms with Crippen molar-refractivity contribution < 1.29 is 4.74 Å². The van der Waals surface area contributed by atoms with Crippen LogP contribution in [-0.2, 0) is 6.61 Å². The SMILES string of the molecule is Nc1ncnc2c1ccn2-c1csc(COc2ccc3ccc(N4CCCC4)nc3c2)n1. The van der Waals surface area contributed by atoms with Crippen molar-refractivity contribution in [1.82, 2.24) is 24.5 Å². The Bertz CT molecular complexity index is 1420. The van der Waals surface area contributed by atoms with Gasteiger partial charge in [0, 0.05) is 36.1 Å². The average molecular weight is 444 g/mol. The molecule has 0 spiro atoms. The van der Waals surface area contributed by atoms with Crippen LogP contribution in [0.15, 0.2) is 54.3 Å². The quantitative estimate of drug-likeness (QED) is 0.435. The third-order valence-corrected chi connectivity index (χ3v) is 6.55. The lowest BCUT2D eigenvalue weighted by Crippen LogP contribution is -2.18. The van der Waals surface area contributed by atoms with Crippen LogP contribution in [-0.4, -0.2) is 37.6 Å². The lowest BCUT2D eigenvalue weighted by molar-refractivity contribution is 0.306. The number of ether oxygens (including phenoxy) is 1. The summed E-state index contributed by atoms with van der Waals surface area (Å²) >= 11 is 1.55. The molecule has 0 aliphatic carbocycles. The Labute approximate surface area is 188 Å². The van der Waals surface area contributed by atoms with Gasteiger partial charge in [-0.1, -0.05) is 0 Å². The van der Waals surface area contributed by atoms with Crippen molar-refractivity contribution in [3.05, 3.63) is 59.3 Å². The van der Waals surface area contributed by atoms with Gasteiger partial charge >= 0.3 is 0 Å². The largest absolute Gasteiger partial charge is 0.486 e. The molecule has 1 saturated heterocycles. The lowest BCUT2D eigenvalue weighted by Gasteiger charge is -2.16. The van der Waals surface area contributed by atoms with Crippen molar-refractivity contribution in [3.8, 4) is 11.6 Å². The molecule has 0 amide bonds. The van der Waals surface area contributed by atoms with Gasteiger partial charge in [-0.2, -0.15) is 0 Å². The van der Waals surface area contributed by atoms with Crippen LogP contribution in [0.25, 0.3) is 27.8 Å². The molecule has 2 N–H and O–H groups in total. The molecule has 32 heavy (non-hydrogen) atoms. The zero-order valence-electron chi connectivity index (χ0n) is 17.3. The van der Waals surface area contributed by atoms with Gasteiger partial charge in [0.1, 0.15) is 41.1 Å². The van der Waals surface area contributed by atoms with Crippen LogP contribution in [0.4, 0.5) is 11.6 Å². The van der Waals surface area contributed by atoms with Crippen LogP contribution in [0.3, 0.4) is 0 Å². The Kier molecular flexibility index (Phi) is 4.61. The van der Waals surface area contributed by atoms with Crippen molar-refractivity contribution >= 4 is 44.9 Å². The van der Waals surface area contributed by atoms with E-state index in [0.717, 1.165) is 57.4 Å². The molecule has 0 radical (unpaired) electrons. The van der Waals surface area contributed by atoms with Crippen LogP contribution >= 0.6 is 11.3 Å². The Hall–Kier alpha value is -3.72. The zero-order chi connectivity index (χ0) is 21.5. The van der Waals surface area contributed by atoms with E-state index in [4.69, 9.17) is 20.4 Å². The smallest absolute Gasteiger partial charge is 0.151 e. The van der Waals surface area contributed by atoms with Crippen molar-refractivity contribution in [2.45, 2.75) is 19.4 Å². The van der Waals surface area contributed by atoms with Crippen LogP contribution in [0, 0.1) is 0 Å². The molecule has 8 nitrogen and oxygen atoms in total. The number of thiazole rings is 1. The summed E-state index contributed by atoms with van der Waals surface area (Å²) < 4.78 is 7.95. The van der Waals surface area contributed by atoms with E-state index in [0.29, 0.717) is 12.4 Å². The maximum Gasteiger partial charge on any atom is 0.151 e. The van der Waals surface area contributed by atoms with Gasteiger partial charge in [0.15, 0.2) is 5.65 Å². The second kappa shape index (κ2) is 7.76. The Morgan fingerprint density at radius 3 is 2.78 bits per heavy atom. The number of aromatic nitrogens is 5. The number of hydrogen-bond donors (Lipinski definition) is 1. The second-order valence-electron chi connectivity index (χ2n) is 7.79.